The highest BCUT2D eigenvalue weighted by molar-refractivity contribution is 7.11. The molecule has 0 N–H and O–H groups in total. The highest BCUT2D eigenvalue weighted by atomic mass is 32.1. The third kappa shape index (κ3) is 5.29. The molecule has 6 heteroatoms. The standard InChI is InChI=1S/C23H23NO4S/c1-23(2,3)28-21(25)19-8-6-5-7-18(19)16-11-9-15(10-12-16)13-17-14-29-20(24-17)22(26)27-4/h5-12,14H,13H2,1-4H3. The maximum Gasteiger partial charge on any atom is 0.367 e. The third-order valence-electron chi connectivity index (χ3n) is 4.11. The normalized spacial score (nSPS) is 11.2. The van der Waals surface area contributed by atoms with E-state index in [1.165, 1.54) is 18.4 Å². The van der Waals surface area contributed by atoms with Crippen molar-refractivity contribution < 1.29 is 19.1 Å². The van der Waals surface area contributed by atoms with Crippen LogP contribution in [0.3, 0.4) is 0 Å². The number of aromatic nitrogens is 1. The zero-order chi connectivity index (χ0) is 21.0. The fraction of sp³-hybridized carbons (Fsp3) is 0.261. The first-order chi connectivity index (χ1) is 13.8. The molecule has 0 unspecified atom stereocenters. The Kier molecular flexibility index (Phi) is 6.13. The molecule has 0 radical (unpaired) electrons. The molecule has 3 rings (SSSR count). The molecular formula is C23H23NO4S. The van der Waals surface area contributed by atoms with Crippen LogP contribution in [-0.4, -0.2) is 29.6 Å². The van der Waals surface area contributed by atoms with Gasteiger partial charge in [0.1, 0.15) is 5.60 Å². The van der Waals surface area contributed by atoms with Crippen molar-refractivity contribution >= 4 is 23.3 Å². The maximum absolute atomic E-state index is 12.6. The summed E-state index contributed by atoms with van der Waals surface area (Å²) < 4.78 is 10.2. The van der Waals surface area contributed by atoms with Gasteiger partial charge in [0.15, 0.2) is 0 Å². The van der Waals surface area contributed by atoms with Crippen LogP contribution in [0.15, 0.2) is 53.9 Å². The van der Waals surface area contributed by atoms with Gasteiger partial charge in [-0.1, -0.05) is 42.5 Å². The van der Waals surface area contributed by atoms with Crippen molar-refractivity contribution in [2.45, 2.75) is 32.8 Å². The first kappa shape index (κ1) is 20.7. The molecule has 0 bridgehead atoms. The molecule has 0 fully saturated rings. The van der Waals surface area contributed by atoms with Crippen molar-refractivity contribution in [1.82, 2.24) is 4.98 Å². The lowest BCUT2D eigenvalue weighted by Crippen LogP contribution is -2.24. The Labute approximate surface area is 174 Å². The highest BCUT2D eigenvalue weighted by Gasteiger charge is 2.20. The number of carbonyl (C=O) groups is 2. The molecule has 29 heavy (non-hydrogen) atoms. The topological polar surface area (TPSA) is 65.5 Å². The number of rotatable bonds is 5. The summed E-state index contributed by atoms with van der Waals surface area (Å²) in [6.45, 7) is 5.56. The summed E-state index contributed by atoms with van der Waals surface area (Å²) in [5.41, 5.74) is 3.63. The van der Waals surface area contributed by atoms with Gasteiger partial charge in [0, 0.05) is 11.8 Å². The molecule has 1 aromatic heterocycles. The van der Waals surface area contributed by atoms with E-state index < -0.39 is 11.6 Å². The van der Waals surface area contributed by atoms with Crippen molar-refractivity contribution in [3.05, 3.63) is 75.7 Å². The van der Waals surface area contributed by atoms with Gasteiger partial charge in [-0.2, -0.15) is 0 Å². The summed E-state index contributed by atoms with van der Waals surface area (Å²) in [6.07, 6.45) is 0.613. The lowest BCUT2D eigenvalue weighted by atomic mass is 9.98. The largest absolute Gasteiger partial charge is 0.464 e. The summed E-state index contributed by atoms with van der Waals surface area (Å²) in [4.78, 5) is 28.4. The second-order valence-corrected chi connectivity index (χ2v) is 8.41. The van der Waals surface area contributed by atoms with Crippen molar-refractivity contribution in [1.29, 1.82) is 0 Å². The number of ether oxygens (including phenoxy) is 2. The molecule has 2 aromatic carbocycles. The Balaban J connectivity index is 1.80. The van der Waals surface area contributed by atoms with Crippen molar-refractivity contribution in [3.8, 4) is 11.1 Å². The molecule has 0 saturated carbocycles. The zero-order valence-corrected chi connectivity index (χ0v) is 17.7. The van der Waals surface area contributed by atoms with E-state index >= 15 is 0 Å². The second-order valence-electron chi connectivity index (χ2n) is 7.56. The minimum Gasteiger partial charge on any atom is -0.464 e. The van der Waals surface area contributed by atoms with Crippen LogP contribution in [0.4, 0.5) is 0 Å². The van der Waals surface area contributed by atoms with Crippen molar-refractivity contribution in [2.24, 2.45) is 0 Å². The highest BCUT2D eigenvalue weighted by Crippen LogP contribution is 2.26. The van der Waals surface area contributed by atoms with Crippen LogP contribution in [0.25, 0.3) is 11.1 Å². The Morgan fingerprint density at radius 3 is 2.34 bits per heavy atom. The SMILES string of the molecule is COC(=O)c1nc(Cc2ccc(-c3ccccc3C(=O)OC(C)(C)C)cc2)cs1. The summed E-state index contributed by atoms with van der Waals surface area (Å²) in [6, 6.07) is 15.4. The summed E-state index contributed by atoms with van der Waals surface area (Å²) in [5.74, 6) is -0.759. The molecule has 1 heterocycles. The van der Waals surface area contributed by atoms with E-state index in [-0.39, 0.29) is 5.97 Å². The molecule has 0 amide bonds. The molecule has 5 nitrogen and oxygen atoms in total. The number of nitrogens with zero attached hydrogens (tertiary/aromatic N) is 1. The summed E-state index contributed by atoms with van der Waals surface area (Å²) in [5, 5.41) is 2.21. The number of thiazole rings is 1. The quantitative estimate of drug-likeness (QED) is 0.546. The number of methoxy groups -OCH3 is 1. The van der Waals surface area contributed by atoms with Gasteiger partial charge in [0.2, 0.25) is 5.01 Å². The van der Waals surface area contributed by atoms with E-state index in [1.54, 1.807) is 6.07 Å². The molecule has 0 aliphatic rings. The van der Waals surface area contributed by atoms with Crippen molar-refractivity contribution in [3.63, 3.8) is 0 Å². The van der Waals surface area contributed by atoms with Crippen LogP contribution in [0, 0.1) is 0 Å². The Morgan fingerprint density at radius 1 is 1.00 bits per heavy atom. The minimum absolute atomic E-state index is 0.338. The lowest BCUT2D eigenvalue weighted by molar-refractivity contribution is 0.00702. The first-order valence-corrected chi connectivity index (χ1v) is 10.1. The Morgan fingerprint density at radius 2 is 1.69 bits per heavy atom. The average Bonchev–Trinajstić information content (AvgIpc) is 3.15. The molecule has 0 aliphatic carbocycles. The van der Waals surface area contributed by atoms with E-state index in [2.05, 4.69) is 4.98 Å². The molecule has 0 aliphatic heterocycles. The van der Waals surface area contributed by atoms with Crippen LogP contribution in [0.2, 0.25) is 0 Å². The van der Waals surface area contributed by atoms with E-state index in [0.29, 0.717) is 17.0 Å². The van der Waals surface area contributed by atoms with Gasteiger partial charge < -0.3 is 9.47 Å². The lowest BCUT2D eigenvalue weighted by Gasteiger charge is -2.20. The minimum atomic E-state index is -0.551. The zero-order valence-electron chi connectivity index (χ0n) is 16.9. The monoisotopic (exact) mass is 409 g/mol. The van der Waals surface area contributed by atoms with Gasteiger partial charge in [-0.05, 0) is 43.5 Å². The fourth-order valence-electron chi connectivity index (χ4n) is 2.83. The van der Waals surface area contributed by atoms with Crippen LogP contribution < -0.4 is 0 Å². The molecule has 0 atom stereocenters. The molecule has 0 spiro atoms. The van der Waals surface area contributed by atoms with Gasteiger partial charge in [-0.15, -0.1) is 11.3 Å². The number of carbonyl (C=O) groups excluding carboxylic acids is 2. The van der Waals surface area contributed by atoms with Crippen LogP contribution >= 0.6 is 11.3 Å². The maximum atomic E-state index is 12.6. The van der Waals surface area contributed by atoms with Crippen LogP contribution in [-0.2, 0) is 15.9 Å². The van der Waals surface area contributed by atoms with E-state index in [9.17, 15) is 9.59 Å². The third-order valence-corrected chi connectivity index (χ3v) is 4.98. The van der Waals surface area contributed by atoms with E-state index in [4.69, 9.17) is 9.47 Å². The fourth-order valence-corrected chi connectivity index (χ4v) is 3.56. The number of hydrogen-bond acceptors (Lipinski definition) is 6. The molecule has 150 valence electrons. The molecule has 0 saturated heterocycles. The average molecular weight is 410 g/mol. The summed E-state index contributed by atoms with van der Waals surface area (Å²) >= 11 is 1.27. The second kappa shape index (κ2) is 8.57. The predicted octanol–water partition coefficient (Wildman–Crippen LogP) is 5.14. The number of esters is 2. The van der Waals surface area contributed by atoms with Gasteiger partial charge in [0.05, 0.1) is 18.4 Å². The number of benzene rings is 2. The Bertz CT molecular complexity index is 1020. The van der Waals surface area contributed by atoms with Crippen LogP contribution in [0.5, 0.6) is 0 Å². The number of hydrogen-bond donors (Lipinski definition) is 0. The summed E-state index contributed by atoms with van der Waals surface area (Å²) in [7, 11) is 1.34. The van der Waals surface area contributed by atoms with Gasteiger partial charge >= 0.3 is 11.9 Å². The van der Waals surface area contributed by atoms with E-state index in [1.807, 2.05) is 68.6 Å². The first-order valence-electron chi connectivity index (χ1n) is 9.21. The Hall–Kier alpha value is -2.99. The predicted molar refractivity (Wildman–Crippen MR) is 113 cm³/mol. The van der Waals surface area contributed by atoms with E-state index in [0.717, 1.165) is 22.4 Å². The van der Waals surface area contributed by atoms with Crippen LogP contribution in [0.1, 0.15) is 52.2 Å². The van der Waals surface area contributed by atoms with Gasteiger partial charge in [0.25, 0.3) is 0 Å². The molecular weight excluding hydrogens is 386 g/mol. The smallest absolute Gasteiger partial charge is 0.367 e. The van der Waals surface area contributed by atoms with Gasteiger partial charge in [-0.3, -0.25) is 0 Å². The van der Waals surface area contributed by atoms with Crippen molar-refractivity contribution in [2.75, 3.05) is 7.11 Å². The molecule has 3 aromatic rings. The van der Waals surface area contributed by atoms with Gasteiger partial charge in [-0.25, -0.2) is 14.6 Å².